The number of hydrogen-bond donors (Lipinski definition) is 1. The Bertz CT molecular complexity index is 1540. The molecule has 0 aromatic rings. The summed E-state index contributed by atoms with van der Waals surface area (Å²) >= 11 is 0. The van der Waals surface area contributed by atoms with Crippen LogP contribution in [0, 0.1) is 0 Å². The molecule has 0 bridgehead atoms. The van der Waals surface area contributed by atoms with Crippen LogP contribution in [0.5, 0.6) is 0 Å². The highest BCUT2D eigenvalue weighted by atomic mass is 31.2. The molecule has 3 unspecified atom stereocenters. The van der Waals surface area contributed by atoms with E-state index in [9.17, 15) is 19.0 Å². The summed E-state index contributed by atoms with van der Waals surface area (Å²) in [7, 11) is 1.18. The molecule has 1 N–H and O–H groups in total. The molecule has 0 spiro atoms. The van der Waals surface area contributed by atoms with Gasteiger partial charge in [-0.2, -0.15) is 0 Å². The number of esters is 1. The number of phosphoric ester groups is 1. The van der Waals surface area contributed by atoms with Crippen molar-refractivity contribution in [2.75, 3.05) is 40.9 Å². The van der Waals surface area contributed by atoms with Crippen molar-refractivity contribution in [1.29, 1.82) is 0 Å². The highest BCUT2D eigenvalue weighted by molar-refractivity contribution is 7.45. The molecule has 0 fully saturated rings. The fraction of sp³-hybridized carbons (Fsp3) is 0.826. The van der Waals surface area contributed by atoms with Gasteiger partial charge in [0.15, 0.2) is 0 Å². The van der Waals surface area contributed by atoms with Crippen molar-refractivity contribution in [3.05, 3.63) is 60.8 Å². The van der Waals surface area contributed by atoms with Crippen LogP contribution in [-0.2, 0) is 27.9 Å². The topological polar surface area (TPSA) is 114 Å². The van der Waals surface area contributed by atoms with Gasteiger partial charge in [-0.1, -0.05) is 287 Å². The molecule has 3 atom stereocenters. The molecule has 79 heavy (non-hydrogen) atoms. The van der Waals surface area contributed by atoms with Gasteiger partial charge in [-0.3, -0.25) is 14.2 Å². The van der Waals surface area contributed by atoms with Gasteiger partial charge >= 0.3 is 5.97 Å². The molecule has 0 aliphatic rings. The number of carbonyl (C=O) groups is 2. The molecule has 0 aromatic carbocycles. The van der Waals surface area contributed by atoms with Gasteiger partial charge in [-0.05, 0) is 76.7 Å². The largest absolute Gasteiger partial charge is 0.756 e. The molecule has 0 aliphatic carbocycles. The third kappa shape index (κ3) is 60.1. The van der Waals surface area contributed by atoms with E-state index in [-0.39, 0.29) is 24.9 Å². The minimum atomic E-state index is -4.70. The van der Waals surface area contributed by atoms with E-state index in [4.69, 9.17) is 13.8 Å². The standard InChI is InChI=1S/C69H129N2O7P/c1-7-10-13-16-19-22-25-27-29-31-33-35-37-39-41-43-46-49-52-55-58-61-68(72)70-66(65-77-79(74,75)76-64-63-71(4,5)6)67(60-57-54-51-48-45-24-21-18-15-12-9-3)78-69(73)62-59-56-53-50-47-44-42-40-38-36-34-32-30-28-26-23-20-17-14-11-8-2/h20,23,28,30,34,36,40,42,57,60,66-67H,7-19,21-22,24-27,29,31-33,35,37-39,41,43-56,58-59,61-65H2,1-6H3,(H-,70,72,74,75)/b23-20-,30-28-,36-34-,42-40-,60-57+. The summed E-state index contributed by atoms with van der Waals surface area (Å²) < 4.78 is 30.4. The van der Waals surface area contributed by atoms with E-state index in [1.54, 1.807) is 0 Å². The molecule has 462 valence electrons. The monoisotopic (exact) mass is 1130 g/mol. The number of nitrogens with one attached hydrogen (secondary N) is 1. The van der Waals surface area contributed by atoms with Crippen LogP contribution in [0.25, 0.3) is 0 Å². The quantitative estimate of drug-likeness (QED) is 0.0212. The molecular formula is C69H129N2O7P. The molecule has 0 aromatic heterocycles. The Balaban J connectivity index is 5.14. The Morgan fingerprint density at radius 3 is 1.18 bits per heavy atom. The number of carbonyl (C=O) groups excluding carboxylic acids is 2. The van der Waals surface area contributed by atoms with E-state index < -0.39 is 26.6 Å². The first-order chi connectivity index (χ1) is 38.4. The van der Waals surface area contributed by atoms with Gasteiger partial charge in [-0.15, -0.1) is 0 Å². The van der Waals surface area contributed by atoms with E-state index in [2.05, 4.69) is 74.7 Å². The van der Waals surface area contributed by atoms with Crippen LogP contribution in [-0.4, -0.2) is 69.4 Å². The SMILES string of the molecule is CCCCC/C=C\C/C=C\C/C=C\C/C=C\CCCCCCCC(=O)OC(/C=C/CCCCCCCCCCC)C(COP(=O)([O-])OCC[N+](C)(C)C)NC(=O)CCCCCCCCCCCCCCCCCCCCCCC. The molecule has 0 heterocycles. The molecule has 10 heteroatoms. The fourth-order valence-electron chi connectivity index (χ4n) is 9.74. The lowest BCUT2D eigenvalue weighted by atomic mass is 10.0. The first-order valence-electron chi connectivity index (χ1n) is 33.6. The lowest BCUT2D eigenvalue weighted by Crippen LogP contribution is -2.47. The van der Waals surface area contributed by atoms with Crippen molar-refractivity contribution in [2.24, 2.45) is 0 Å². The number of hydrogen-bond acceptors (Lipinski definition) is 7. The molecular weight excluding hydrogens is 1000 g/mol. The van der Waals surface area contributed by atoms with Crippen LogP contribution in [0.3, 0.4) is 0 Å². The average Bonchev–Trinajstić information content (AvgIpc) is 3.41. The maximum absolute atomic E-state index is 13.6. The number of nitrogens with zero attached hydrogens (tertiary/aromatic N) is 1. The number of ether oxygens (including phenoxy) is 1. The van der Waals surface area contributed by atoms with E-state index in [0.717, 1.165) is 89.9 Å². The van der Waals surface area contributed by atoms with Crippen molar-refractivity contribution >= 4 is 19.7 Å². The maximum atomic E-state index is 13.6. The third-order valence-corrected chi connectivity index (χ3v) is 15.9. The van der Waals surface area contributed by atoms with Crippen molar-refractivity contribution in [3.8, 4) is 0 Å². The van der Waals surface area contributed by atoms with Gasteiger partial charge in [0.05, 0.1) is 33.8 Å². The van der Waals surface area contributed by atoms with Gasteiger partial charge < -0.3 is 28.5 Å². The first-order valence-corrected chi connectivity index (χ1v) is 35.1. The van der Waals surface area contributed by atoms with Gasteiger partial charge in [-0.25, -0.2) is 0 Å². The highest BCUT2D eigenvalue weighted by Gasteiger charge is 2.27. The Hall–Kier alpha value is -2.29. The summed E-state index contributed by atoms with van der Waals surface area (Å²) in [5, 5.41) is 3.03. The number of phosphoric acid groups is 1. The molecule has 1 amide bonds. The average molecular weight is 1130 g/mol. The fourth-order valence-corrected chi connectivity index (χ4v) is 10.5. The zero-order valence-corrected chi connectivity index (χ0v) is 53.7. The summed E-state index contributed by atoms with van der Waals surface area (Å²) in [5.41, 5.74) is 0. The number of rotatable bonds is 61. The molecule has 9 nitrogen and oxygen atoms in total. The first kappa shape index (κ1) is 76.7. The van der Waals surface area contributed by atoms with Gasteiger partial charge in [0.2, 0.25) is 5.91 Å². The highest BCUT2D eigenvalue weighted by Crippen LogP contribution is 2.38. The van der Waals surface area contributed by atoms with Crippen LogP contribution in [0.4, 0.5) is 0 Å². The molecule has 0 saturated carbocycles. The summed E-state index contributed by atoms with van der Waals surface area (Å²) in [6.45, 7) is 6.83. The summed E-state index contributed by atoms with van der Waals surface area (Å²) in [5.74, 6) is -0.551. The van der Waals surface area contributed by atoms with Crippen LogP contribution < -0.4 is 10.2 Å². The van der Waals surface area contributed by atoms with Crippen molar-refractivity contribution in [2.45, 2.75) is 328 Å². The summed E-state index contributed by atoms with van der Waals surface area (Å²) in [6.07, 6.45) is 74.8. The normalized spacial score (nSPS) is 14.0. The summed E-state index contributed by atoms with van der Waals surface area (Å²) in [6, 6.07) is -0.896. The zero-order valence-electron chi connectivity index (χ0n) is 52.8. The zero-order chi connectivity index (χ0) is 57.9. The molecule has 0 saturated heterocycles. The molecule has 0 rings (SSSR count). The smallest absolute Gasteiger partial charge is 0.306 e. The number of likely N-dealkylation sites (N-methyl/N-ethyl adjacent to an activating group) is 1. The number of amides is 1. The molecule has 0 radical (unpaired) electrons. The number of quaternary nitrogens is 1. The lowest BCUT2D eigenvalue weighted by Gasteiger charge is -2.30. The van der Waals surface area contributed by atoms with Gasteiger partial charge in [0.25, 0.3) is 7.82 Å². The second-order valence-electron chi connectivity index (χ2n) is 24.0. The van der Waals surface area contributed by atoms with Gasteiger partial charge in [0.1, 0.15) is 19.3 Å². The number of unbranched alkanes of at least 4 members (excludes halogenated alkanes) is 37. The van der Waals surface area contributed by atoms with E-state index in [1.165, 1.54) is 186 Å². The van der Waals surface area contributed by atoms with Crippen molar-refractivity contribution in [1.82, 2.24) is 5.32 Å². The van der Waals surface area contributed by atoms with E-state index in [0.29, 0.717) is 23.9 Å². The summed E-state index contributed by atoms with van der Waals surface area (Å²) in [4.78, 5) is 40.1. The second-order valence-corrected chi connectivity index (χ2v) is 25.4. The van der Waals surface area contributed by atoms with Crippen LogP contribution in [0.15, 0.2) is 60.8 Å². The predicted molar refractivity (Wildman–Crippen MR) is 339 cm³/mol. The van der Waals surface area contributed by atoms with Crippen LogP contribution in [0.1, 0.15) is 316 Å². The number of allylic oxidation sites excluding steroid dienone is 9. The van der Waals surface area contributed by atoms with Crippen LogP contribution >= 0.6 is 7.82 Å². The van der Waals surface area contributed by atoms with Crippen molar-refractivity contribution < 1.29 is 37.3 Å². The Morgan fingerprint density at radius 1 is 0.443 bits per heavy atom. The second kappa shape index (κ2) is 58.9. The minimum Gasteiger partial charge on any atom is -0.756 e. The van der Waals surface area contributed by atoms with E-state index >= 15 is 0 Å². The Kier molecular flexibility index (Phi) is 57.2. The third-order valence-electron chi connectivity index (χ3n) is 15.0. The lowest BCUT2D eigenvalue weighted by molar-refractivity contribution is -0.870. The van der Waals surface area contributed by atoms with E-state index in [1.807, 2.05) is 33.3 Å². The maximum Gasteiger partial charge on any atom is 0.306 e. The minimum absolute atomic E-state index is 0.0254. The van der Waals surface area contributed by atoms with Gasteiger partial charge in [0, 0.05) is 12.8 Å². The Morgan fingerprint density at radius 2 is 0.772 bits per heavy atom. The van der Waals surface area contributed by atoms with Crippen LogP contribution in [0.2, 0.25) is 0 Å². The predicted octanol–water partition coefficient (Wildman–Crippen LogP) is 20.4. The Labute approximate surface area is 490 Å². The molecule has 0 aliphatic heterocycles. The van der Waals surface area contributed by atoms with Crippen molar-refractivity contribution in [3.63, 3.8) is 0 Å².